The first-order valence-corrected chi connectivity index (χ1v) is 13.2. The van der Waals surface area contributed by atoms with Crippen LogP contribution in [0.4, 0.5) is 8.78 Å². The average Bonchev–Trinajstić information content (AvgIpc) is 3.55. The molecular formula is C27H28ClF2N7O3. The van der Waals surface area contributed by atoms with Crippen molar-refractivity contribution in [3.8, 4) is 17.0 Å². The second-order valence-corrected chi connectivity index (χ2v) is 10.0. The molecule has 1 unspecified atom stereocenters. The van der Waals surface area contributed by atoms with Crippen molar-refractivity contribution in [1.82, 2.24) is 34.2 Å². The molecule has 0 aliphatic carbocycles. The number of carbonyl (C=O) groups excluding carboxylic acids is 2. The number of fused-ring (bicyclic) bond motifs is 1. The maximum atomic E-state index is 13.9. The highest BCUT2D eigenvalue weighted by molar-refractivity contribution is 6.31. The minimum absolute atomic E-state index is 0.0782. The maximum Gasteiger partial charge on any atom is 0.387 e. The monoisotopic (exact) mass is 571 g/mol. The lowest BCUT2D eigenvalue weighted by molar-refractivity contribution is -0.133. The number of benzene rings is 1. The Morgan fingerprint density at radius 1 is 1.18 bits per heavy atom. The molecule has 210 valence electrons. The minimum Gasteiger partial charge on any atom is -0.434 e. The summed E-state index contributed by atoms with van der Waals surface area (Å²) in [6.07, 6.45) is 6.70. The van der Waals surface area contributed by atoms with Crippen LogP contribution < -0.4 is 4.74 Å². The molecule has 1 amide bonds. The molecule has 3 aromatic heterocycles. The van der Waals surface area contributed by atoms with Crippen molar-refractivity contribution in [2.45, 2.75) is 32.4 Å². The summed E-state index contributed by atoms with van der Waals surface area (Å²) in [6.45, 7) is 1.38. The topological polar surface area (TPSA) is 97.9 Å². The van der Waals surface area contributed by atoms with Crippen LogP contribution >= 0.6 is 11.6 Å². The number of amides is 1. The van der Waals surface area contributed by atoms with Crippen LogP contribution in [0.15, 0.2) is 49.1 Å². The van der Waals surface area contributed by atoms with Crippen molar-refractivity contribution >= 4 is 28.9 Å². The Kier molecular flexibility index (Phi) is 8.08. The number of Topliss-reactive ketones (excluding diaryl/α,β-unsaturated/α-hetero) is 1. The molecule has 40 heavy (non-hydrogen) atoms. The summed E-state index contributed by atoms with van der Waals surface area (Å²) in [5.41, 5.74) is 1.59. The lowest BCUT2D eigenvalue weighted by Gasteiger charge is -2.32. The predicted octanol–water partition coefficient (Wildman–Crippen LogP) is 4.00. The van der Waals surface area contributed by atoms with Gasteiger partial charge in [-0.15, -0.1) is 0 Å². The Hall–Kier alpha value is -3.90. The second kappa shape index (κ2) is 11.7. The van der Waals surface area contributed by atoms with Gasteiger partial charge in [-0.1, -0.05) is 18.5 Å². The summed E-state index contributed by atoms with van der Waals surface area (Å²) in [7, 11) is 2.00. The van der Waals surface area contributed by atoms with Crippen molar-refractivity contribution in [3.63, 3.8) is 0 Å². The van der Waals surface area contributed by atoms with Gasteiger partial charge in [0.25, 0.3) is 0 Å². The van der Waals surface area contributed by atoms with Gasteiger partial charge in [0.15, 0.2) is 11.4 Å². The number of likely N-dealkylation sites (N-methyl/N-ethyl adjacent to an activating group) is 1. The number of rotatable bonds is 9. The first-order chi connectivity index (χ1) is 19.2. The normalized spacial score (nSPS) is 15.1. The first kappa shape index (κ1) is 27.7. The Morgan fingerprint density at radius 2 is 1.95 bits per heavy atom. The number of ketones is 1. The molecule has 13 heteroatoms. The number of alkyl halides is 2. The average molecular weight is 572 g/mol. The van der Waals surface area contributed by atoms with Gasteiger partial charge in [0.05, 0.1) is 17.7 Å². The number of piperazine rings is 1. The van der Waals surface area contributed by atoms with E-state index in [-0.39, 0.29) is 40.3 Å². The van der Waals surface area contributed by atoms with Crippen molar-refractivity contribution in [2.75, 3.05) is 33.2 Å². The molecule has 4 heterocycles. The largest absolute Gasteiger partial charge is 0.434 e. The van der Waals surface area contributed by atoms with Crippen LogP contribution in [-0.4, -0.2) is 85.7 Å². The highest BCUT2D eigenvalue weighted by atomic mass is 35.5. The van der Waals surface area contributed by atoms with Crippen molar-refractivity contribution < 1.29 is 23.1 Å². The zero-order chi connectivity index (χ0) is 28.4. The fourth-order valence-corrected chi connectivity index (χ4v) is 5.07. The van der Waals surface area contributed by atoms with Crippen molar-refractivity contribution in [1.29, 1.82) is 0 Å². The zero-order valence-electron chi connectivity index (χ0n) is 22.0. The molecule has 0 N–H and O–H groups in total. The number of hydrogen-bond donors (Lipinski definition) is 0. The smallest absolute Gasteiger partial charge is 0.387 e. The zero-order valence-corrected chi connectivity index (χ0v) is 22.8. The summed E-state index contributed by atoms with van der Waals surface area (Å²) in [5, 5.41) is 9.12. The molecular weight excluding hydrogens is 544 g/mol. The molecule has 10 nitrogen and oxygen atoms in total. The molecule has 0 spiro atoms. The van der Waals surface area contributed by atoms with Gasteiger partial charge in [0.1, 0.15) is 18.0 Å². The van der Waals surface area contributed by atoms with E-state index in [4.69, 9.17) is 16.3 Å². The van der Waals surface area contributed by atoms with Crippen LogP contribution in [0.3, 0.4) is 0 Å². The van der Waals surface area contributed by atoms with Gasteiger partial charge in [0.2, 0.25) is 5.91 Å². The molecule has 4 aromatic rings. The molecule has 0 radical (unpaired) electrons. The van der Waals surface area contributed by atoms with Crippen LogP contribution in [0.5, 0.6) is 5.75 Å². The third kappa shape index (κ3) is 5.68. The third-order valence-corrected chi connectivity index (χ3v) is 7.24. The SMILES string of the molecule is CCC(C(=O)c1cnn2cccnc12)c1cn(CC(=O)N2CCN(C)CC2)nc1-c1cc(Cl)ccc1OC(F)F. The number of hydrogen-bond acceptors (Lipinski definition) is 7. The van der Waals surface area contributed by atoms with Crippen LogP contribution in [0.1, 0.15) is 35.2 Å². The van der Waals surface area contributed by atoms with E-state index in [1.165, 1.54) is 33.6 Å². The van der Waals surface area contributed by atoms with Crippen LogP contribution in [0.25, 0.3) is 16.9 Å². The van der Waals surface area contributed by atoms with Crippen LogP contribution in [0, 0.1) is 0 Å². The molecule has 1 aliphatic heterocycles. The van der Waals surface area contributed by atoms with E-state index in [0.29, 0.717) is 36.3 Å². The summed E-state index contributed by atoms with van der Waals surface area (Å²) in [4.78, 5) is 35.2. The van der Waals surface area contributed by atoms with Gasteiger partial charge in [-0.25, -0.2) is 9.50 Å². The molecule has 1 atom stereocenters. The summed E-state index contributed by atoms with van der Waals surface area (Å²) in [5.74, 6) is -1.28. The number of nitrogens with zero attached hydrogens (tertiary/aromatic N) is 7. The van der Waals surface area contributed by atoms with Gasteiger partial charge in [0, 0.05) is 60.9 Å². The third-order valence-electron chi connectivity index (χ3n) is 7.00. The lowest BCUT2D eigenvalue weighted by atomic mass is 9.88. The highest BCUT2D eigenvalue weighted by Crippen LogP contribution is 2.39. The van der Waals surface area contributed by atoms with E-state index in [1.807, 2.05) is 14.0 Å². The van der Waals surface area contributed by atoms with E-state index < -0.39 is 12.5 Å². The number of aromatic nitrogens is 5. The van der Waals surface area contributed by atoms with E-state index >= 15 is 0 Å². The van der Waals surface area contributed by atoms with Crippen molar-refractivity contribution in [3.05, 3.63) is 65.2 Å². The maximum absolute atomic E-state index is 13.9. The lowest BCUT2D eigenvalue weighted by Crippen LogP contribution is -2.48. The number of carbonyl (C=O) groups is 2. The Bertz CT molecular complexity index is 1530. The summed E-state index contributed by atoms with van der Waals surface area (Å²) < 4.78 is 34.4. The van der Waals surface area contributed by atoms with Crippen LogP contribution in [-0.2, 0) is 11.3 Å². The molecule has 1 fully saturated rings. The minimum atomic E-state index is -3.09. The number of halogens is 3. The quantitative estimate of drug-likeness (QED) is 0.280. The van der Waals surface area contributed by atoms with Gasteiger partial charge in [-0.05, 0) is 37.7 Å². The van der Waals surface area contributed by atoms with E-state index in [1.54, 1.807) is 29.6 Å². The molecule has 1 aromatic carbocycles. The van der Waals surface area contributed by atoms with Crippen LogP contribution in [0.2, 0.25) is 5.02 Å². The predicted molar refractivity (Wildman–Crippen MR) is 144 cm³/mol. The van der Waals surface area contributed by atoms with E-state index in [0.717, 1.165) is 13.1 Å². The van der Waals surface area contributed by atoms with E-state index in [2.05, 4.69) is 20.1 Å². The standard InChI is InChI=1S/C27H28ClF2N7O3/c1-3-18(25(39)20-14-32-37-8-4-7-31-26(20)37)21-15-36(16-23(38)35-11-9-34(2)10-12-35)33-24(21)19-13-17(28)5-6-22(19)40-27(29)30/h4-8,13-15,18,27H,3,9-12,16H2,1-2H3. The van der Waals surface area contributed by atoms with Crippen molar-refractivity contribution in [2.24, 2.45) is 0 Å². The fourth-order valence-electron chi connectivity index (χ4n) is 4.90. The van der Waals surface area contributed by atoms with Gasteiger partial charge < -0.3 is 14.5 Å². The molecule has 5 rings (SSSR count). The van der Waals surface area contributed by atoms with Gasteiger partial charge in [-0.3, -0.25) is 14.3 Å². The van der Waals surface area contributed by atoms with Gasteiger partial charge in [-0.2, -0.15) is 19.0 Å². The van der Waals surface area contributed by atoms with E-state index in [9.17, 15) is 18.4 Å². The molecule has 0 saturated carbocycles. The Labute approximate surface area is 234 Å². The molecule has 0 bridgehead atoms. The number of ether oxygens (including phenoxy) is 1. The Morgan fingerprint density at radius 3 is 2.67 bits per heavy atom. The second-order valence-electron chi connectivity index (χ2n) is 9.60. The summed E-state index contributed by atoms with van der Waals surface area (Å²) in [6, 6.07) is 5.93. The molecule has 1 aliphatic rings. The Balaban J connectivity index is 1.57. The summed E-state index contributed by atoms with van der Waals surface area (Å²) >= 11 is 6.25. The first-order valence-electron chi connectivity index (χ1n) is 12.9. The van der Waals surface area contributed by atoms with Gasteiger partial charge >= 0.3 is 6.61 Å². The fraction of sp³-hybridized carbons (Fsp3) is 0.370. The highest BCUT2D eigenvalue weighted by Gasteiger charge is 2.31. The molecule has 1 saturated heterocycles.